The van der Waals surface area contributed by atoms with E-state index in [-0.39, 0.29) is 59.7 Å². The van der Waals surface area contributed by atoms with E-state index in [1.165, 1.54) is 28.8 Å². The number of nitrogens with zero attached hydrogens (tertiary/aromatic N) is 5. The standard InChI is InChI=1S/C26H35ClN2O7.C21H27ClN2O5.C15H17Cl2NO3.C11H19NO4.ClH/c1-25(2,3)36-24(33)29-15-12-18(13-16-29)22(31)34-17-35-23(32)28(4)26(14-8-7-11-21(26)30)19-9-5-6-10-20(19)27;1-24(20(27)29-14-28-19(26)15-9-12-23-13-10-15)21(11-5-4-8-18(21)25)16-6-2-3-7-17(16)22;1-18(14(20)21-10-16)15(9-5-4-8-13(15)19)11-6-2-3-7-12(11)17;1-11(2,3)16-10(15)12-6-4-8(5-7-12)9(13)14;/h5-6,9-10,18H,7-8,11-17H2,1-4H3;2-3,6-7,15,23H,4-5,8-14H2,1H3;2-3,6-7H,4-5,8-10H2,1H3;8H,4-7H2,1-3H3,(H,13,14);1H/t26-;21-;15-;;/m000../s1. The number of Topliss-reactive ketones (excluding diaryl/α,β-unsaturated/α-hetero) is 3. The largest absolute Gasteiger partial charge is 0.481 e. The molecule has 0 aromatic heterocycles. The lowest BCUT2D eigenvalue weighted by Gasteiger charge is -2.43. The monoisotopic (exact) mass is 1540 g/mol. The van der Waals surface area contributed by atoms with Crippen LogP contribution in [0.3, 0.4) is 0 Å². The van der Waals surface area contributed by atoms with E-state index in [1.54, 1.807) is 104 Å². The maximum atomic E-state index is 13.1. The van der Waals surface area contributed by atoms with Crippen LogP contribution in [0.1, 0.15) is 174 Å². The molecule has 0 unspecified atom stereocenters. The number of alkyl halides is 1. The van der Waals surface area contributed by atoms with Gasteiger partial charge >= 0.3 is 48.4 Å². The topological polar surface area (TPSA) is 301 Å². The van der Waals surface area contributed by atoms with Crippen molar-refractivity contribution in [3.05, 3.63) is 105 Å². The van der Waals surface area contributed by atoms with Gasteiger partial charge in [-0.25, -0.2) is 24.0 Å². The number of hydrogen-bond acceptors (Lipinski definition) is 19. The number of rotatable bonds is 14. The van der Waals surface area contributed by atoms with Gasteiger partial charge in [0.15, 0.2) is 23.4 Å². The van der Waals surface area contributed by atoms with Gasteiger partial charge in [0.25, 0.3) is 0 Å². The molecular formula is C73H99Cl5N6O19. The van der Waals surface area contributed by atoms with E-state index in [0.29, 0.717) is 135 Å². The van der Waals surface area contributed by atoms with Crippen LogP contribution in [0.4, 0.5) is 24.0 Å². The molecule has 3 saturated carbocycles. The summed E-state index contributed by atoms with van der Waals surface area (Å²) in [5.41, 5.74) is -2.76. The van der Waals surface area contributed by atoms with Gasteiger partial charge in [-0.15, -0.1) is 12.4 Å². The number of carbonyl (C=O) groups is 11. The van der Waals surface area contributed by atoms with Crippen molar-refractivity contribution in [3.8, 4) is 0 Å². The van der Waals surface area contributed by atoms with Crippen LogP contribution in [0.5, 0.6) is 0 Å². The van der Waals surface area contributed by atoms with Crippen molar-refractivity contribution in [2.24, 2.45) is 17.8 Å². The first-order valence-corrected chi connectivity index (χ1v) is 36.3. The molecule has 103 heavy (non-hydrogen) atoms. The number of benzene rings is 3. The number of ether oxygens (including phenoxy) is 7. The van der Waals surface area contributed by atoms with E-state index in [9.17, 15) is 52.7 Å². The molecule has 5 amide bonds. The third kappa shape index (κ3) is 22.9. The minimum Gasteiger partial charge on any atom is -0.481 e. The molecular weight excluding hydrogens is 1440 g/mol. The van der Waals surface area contributed by atoms with Crippen LogP contribution in [0, 0.1) is 17.8 Å². The molecule has 6 aliphatic rings. The summed E-state index contributed by atoms with van der Waals surface area (Å²) in [4.78, 5) is 143. The summed E-state index contributed by atoms with van der Waals surface area (Å²) in [6.07, 6.45) is 7.68. The second-order valence-corrected chi connectivity index (χ2v) is 29.4. The quantitative estimate of drug-likeness (QED) is 0.0656. The number of aliphatic carboxylic acids is 1. The van der Waals surface area contributed by atoms with E-state index in [0.717, 1.165) is 51.6 Å². The minimum absolute atomic E-state index is 0. The summed E-state index contributed by atoms with van der Waals surface area (Å²) in [7, 11) is 4.59. The minimum atomic E-state index is -1.23. The fourth-order valence-corrected chi connectivity index (χ4v) is 14.5. The highest BCUT2D eigenvalue weighted by atomic mass is 35.5. The Morgan fingerprint density at radius 3 is 1.07 bits per heavy atom. The molecule has 3 atom stereocenters. The van der Waals surface area contributed by atoms with Gasteiger partial charge in [-0.2, -0.15) is 0 Å². The summed E-state index contributed by atoms with van der Waals surface area (Å²) >= 11 is 24.5. The van der Waals surface area contributed by atoms with Crippen LogP contribution < -0.4 is 5.32 Å². The molecule has 3 aliphatic heterocycles. The molecule has 25 nitrogen and oxygen atoms in total. The highest BCUT2D eigenvalue weighted by Crippen LogP contribution is 2.46. The van der Waals surface area contributed by atoms with E-state index in [2.05, 4.69) is 5.32 Å². The van der Waals surface area contributed by atoms with Gasteiger partial charge in [0.1, 0.15) is 27.8 Å². The molecule has 0 radical (unpaired) electrons. The van der Waals surface area contributed by atoms with Crippen LogP contribution in [0.25, 0.3) is 0 Å². The van der Waals surface area contributed by atoms with Crippen molar-refractivity contribution in [1.82, 2.24) is 29.8 Å². The Morgan fingerprint density at radius 2 is 0.777 bits per heavy atom. The van der Waals surface area contributed by atoms with Crippen molar-refractivity contribution in [1.29, 1.82) is 0 Å². The number of esters is 2. The Labute approximate surface area is 629 Å². The van der Waals surface area contributed by atoms with Gasteiger partial charge < -0.3 is 53.4 Å². The highest BCUT2D eigenvalue weighted by molar-refractivity contribution is 6.32. The van der Waals surface area contributed by atoms with Crippen LogP contribution in [0.2, 0.25) is 15.1 Å². The van der Waals surface area contributed by atoms with Crippen LogP contribution in [0.15, 0.2) is 72.8 Å². The summed E-state index contributed by atoms with van der Waals surface area (Å²) in [6.45, 7) is 13.0. The number of likely N-dealkylation sites (N-methyl/N-ethyl adjacent to an activating group) is 3. The lowest BCUT2D eigenvalue weighted by Crippen LogP contribution is -2.54. The third-order valence-corrected chi connectivity index (χ3v) is 20.2. The Balaban J connectivity index is 0.000000256. The van der Waals surface area contributed by atoms with Crippen LogP contribution in [-0.4, -0.2) is 187 Å². The van der Waals surface area contributed by atoms with Crippen molar-refractivity contribution in [3.63, 3.8) is 0 Å². The van der Waals surface area contributed by atoms with E-state index >= 15 is 0 Å². The number of likely N-dealkylation sites (tertiary alicyclic amines) is 2. The summed E-state index contributed by atoms with van der Waals surface area (Å²) < 4.78 is 36.2. The van der Waals surface area contributed by atoms with Crippen molar-refractivity contribution >= 4 is 125 Å². The normalized spacial score (nSPS) is 21.1. The molecule has 30 heteroatoms. The molecule has 0 spiro atoms. The lowest BCUT2D eigenvalue weighted by atomic mass is 9.74. The van der Waals surface area contributed by atoms with Crippen LogP contribution >= 0.6 is 58.8 Å². The fraction of sp³-hybridized carbons (Fsp3) is 0.603. The fourth-order valence-electron chi connectivity index (χ4n) is 13.5. The van der Waals surface area contributed by atoms with Gasteiger partial charge in [-0.05, 0) is 169 Å². The number of carbonyl (C=O) groups excluding carboxylic acids is 10. The first-order chi connectivity index (χ1) is 48.2. The summed E-state index contributed by atoms with van der Waals surface area (Å²) in [6, 6.07) is 20.9. The average Bonchev–Trinajstić information content (AvgIpc) is 0.766. The molecule has 3 aromatic rings. The highest BCUT2D eigenvalue weighted by Gasteiger charge is 2.52. The van der Waals surface area contributed by atoms with E-state index < -0.39 is 83.6 Å². The number of carboxylic acids is 1. The van der Waals surface area contributed by atoms with Crippen LogP contribution in [-0.2, 0) is 78.5 Å². The molecule has 0 bridgehead atoms. The molecule has 3 aromatic carbocycles. The molecule has 2 N–H and O–H groups in total. The second kappa shape index (κ2) is 39.8. The number of carboxylic acid groups (broad SMARTS) is 1. The number of hydrogen-bond donors (Lipinski definition) is 2. The first kappa shape index (κ1) is 86.5. The van der Waals surface area contributed by atoms with Gasteiger partial charge in [-0.3, -0.25) is 43.5 Å². The molecule has 6 fully saturated rings. The number of ketones is 3. The summed E-state index contributed by atoms with van der Waals surface area (Å²) in [5.74, 6) is -2.73. The first-order valence-electron chi connectivity index (χ1n) is 34.6. The van der Waals surface area contributed by atoms with E-state index in [4.69, 9.17) is 84.7 Å². The van der Waals surface area contributed by atoms with E-state index in [1.807, 2.05) is 26.8 Å². The Hall–Kier alpha value is -7.16. The SMILES string of the molecule is CC(C)(C)OC(=O)N1CCC(C(=O)O)CC1.CN(C(=O)OCCl)[C@]1(c2ccccc2Cl)CCCCC1=O.CN(C(=O)OCOC(=O)C1CCN(C(=O)OC(C)(C)C)CC1)[C@]1(c2ccccc2Cl)CCCCC1=O.CN(C(=O)OCOC(=O)C1CCNCC1)[C@]1(c2ccccc2Cl)CCCCC1=O.Cl. The maximum absolute atomic E-state index is 13.1. The van der Waals surface area contributed by atoms with Gasteiger partial charge in [-0.1, -0.05) is 101 Å². The second-order valence-electron chi connectivity index (χ2n) is 27.9. The molecule has 3 saturated heterocycles. The van der Waals surface area contributed by atoms with Gasteiger partial charge in [0.05, 0.1) is 17.8 Å². The van der Waals surface area contributed by atoms with Gasteiger partial charge in [0.2, 0.25) is 13.6 Å². The molecule has 9 rings (SSSR count). The summed E-state index contributed by atoms with van der Waals surface area (Å²) in [5, 5.41) is 13.3. The predicted molar refractivity (Wildman–Crippen MR) is 387 cm³/mol. The number of halogens is 5. The Kier molecular flexibility index (Phi) is 33.4. The molecule has 570 valence electrons. The number of piperidine rings is 3. The predicted octanol–water partition coefficient (Wildman–Crippen LogP) is 14.2. The lowest BCUT2D eigenvalue weighted by molar-refractivity contribution is -0.160. The number of nitrogens with one attached hydrogen (secondary N) is 1. The Bertz CT molecular complexity index is 3420. The van der Waals surface area contributed by atoms with Crippen molar-refractivity contribution in [2.45, 2.75) is 185 Å². The van der Waals surface area contributed by atoms with Crippen molar-refractivity contribution in [2.75, 3.05) is 80.1 Å². The molecule has 3 heterocycles. The zero-order valence-electron chi connectivity index (χ0n) is 60.2. The maximum Gasteiger partial charge on any atom is 0.413 e. The zero-order chi connectivity index (χ0) is 75.2. The smallest absolute Gasteiger partial charge is 0.413 e. The molecule has 3 aliphatic carbocycles. The van der Waals surface area contributed by atoms with Gasteiger partial charge in [0, 0.05) is 98.3 Å². The average molecular weight is 1540 g/mol. The van der Waals surface area contributed by atoms with Crippen molar-refractivity contribution < 1.29 is 91.0 Å². The third-order valence-electron chi connectivity index (χ3n) is 19.1. The Morgan fingerprint density at radius 1 is 0.476 bits per heavy atom. The number of amides is 5. The zero-order valence-corrected chi connectivity index (χ0v) is 64.0.